The molecule has 142 valence electrons. The van der Waals surface area contributed by atoms with E-state index in [0.29, 0.717) is 28.3 Å². The van der Waals surface area contributed by atoms with Crippen molar-refractivity contribution >= 4 is 5.82 Å². The van der Waals surface area contributed by atoms with E-state index >= 15 is 0 Å². The molecule has 0 saturated heterocycles. The van der Waals surface area contributed by atoms with Crippen LogP contribution in [0.2, 0.25) is 0 Å². The van der Waals surface area contributed by atoms with Gasteiger partial charge >= 0.3 is 0 Å². The lowest BCUT2D eigenvalue weighted by Gasteiger charge is -2.15. The minimum atomic E-state index is -0.176. The normalized spacial score (nSPS) is 10.7. The quantitative estimate of drug-likeness (QED) is 0.703. The Labute approximate surface area is 164 Å². The molecule has 0 saturated carbocycles. The minimum Gasteiger partial charge on any atom is -0.491 e. The Kier molecular flexibility index (Phi) is 5.57. The number of pyridine rings is 2. The highest BCUT2D eigenvalue weighted by Gasteiger charge is 2.16. The molecule has 0 aliphatic carbocycles. The van der Waals surface area contributed by atoms with Gasteiger partial charge < -0.3 is 15.6 Å². The van der Waals surface area contributed by atoms with Gasteiger partial charge in [-0.1, -0.05) is 12.1 Å². The van der Waals surface area contributed by atoms with Crippen molar-refractivity contribution in [2.45, 2.75) is 33.5 Å². The van der Waals surface area contributed by atoms with Crippen LogP contribution >= 0.6 is 0 Å². The van der Waals surface area contributed by atoms with E-state index in [0.717, 1.165) is 11.1 Å². The van der Waals surface area contributed by atoms with Gasteiger partial charge in [0, 0.05) is 17.3 Å². The molecular weight excluding hydrogens is 352 g/mol. The number of hydrogen-bond acceptors (Lipinski definition) is 6. The van der Waals surface area contributed by atoms with Crippen molar-refractivity contribution in [1.82, 2.24) is 9.97 Å². The minimum absolute atomic E-state index is 0.0124. The molecule has 6 nitrogen and oxygen atoms in total. The first-order chi connectivity index (χ1) is 13.4. The lowest BCUT2D eigenvalue weighted by atomic mass is 9.97. The third kappa shape index (κ3) is 3.95. The van der Waals surface area contributed by atoms with Crippen molar-refractivity contribution < 1.29 is 9.84 Å². The summed E-state index contributed by atoms with van der Waals surface area (Å²) in [7, 11) is 0. The number of aliphatic hydroxyl groups excluding tert-OH is 1. The van der Waals surface area contributed by atoms with E-state index in [2.05, 4.69) is 16.0 Å². The molecule has 28 heavy (non-hydrogen) atoms. The average Bonchev–Trinajstić information content (AvgIpc) is 2.68. The summed E-state index contributed by atoms with van der Waals surface area (Å²) in [5, 5.41) is 19.3. The maximum absolute atomic E-state index is 9.75. The standard InChI is InChI=1S/C22H22N4O2/c1-13(2)28-21-7-5-15(8-16(21)12-27)17-9-20(26-22(24)18(17)10-23)19-6-4-14(3)11-25-19/h4-9,11,13,27H,12H2,1-3H3,(H2,24,26). The topological polar surface area (TPSA) is 105 Å². The molecular formula is C22H22N4O2. The number of ether oxygens (including phenoxy) is 1. The number of benzene rings is 1. The maximum Gasteiger partial charge on any atom is 0.142 e. The number of anilines is 1. The summed E-state index contributed by atoms with van der Waals surface area (Å²) in [6.45, 7) is 5.63. The number of nitriles is 1. The third-order valence-corrected chi connectivity index (χ3v) is 4.24. The second-order valence-electron chi connectivity index (χ2n) is 6.80. The SMILES string of the molecule is Cc1ccc(-c2cc(-c3ccc(OC(C)C)c(CO)c3)c(C#N)c(N)n2)nc1. The Morgan fingerprint density at radius 1 is 1.18 bits per heavy atom. The van der Waals surface area contributed by atoms with Crippen molar-refractivity contribution in [2.75, 3.05) is 5.73 Å². The first-order valence-corrected chi connectivity index (χ1v) is 8.97. The van der Waals surface area contributed by atoms with Gasteiger partial charge in [-0.3, -0.25) is 4.98 Å². The van der Waals surface area contributed by atoms with Crippen molar-refractivity contribution in [3.8, 4) is 34.3 Å². The third-order valence-electron chi connectivity index (χ3n) is 4.24. The Hall–Kier alpha value is -3.43. The van der Waals surface area contributed by atoms with Crippen LogP contribution in [0, 0.1) is 18.3 Å². The summed E-state index contributed by atoms with van der Waals surface area (Å²) >= 11 is 0. The van der Waals surface area contributed by atoms with Gasteiger partial charge in [0.1, 0.15) is 23.2 Å². The predicted molar refractivity (Wildman–Crippen MR) is 108 cm³/mol. The summed E-state index contributed by atoms with van der Waals surface area (Å²) in [6.07, 6.45) is 1.74. The first-order valence-electron chi connectivity index (χ1n) is 8.97. The number of nitrogens with zero attached hydrogens (tertiary/aromatic N) is 3. The molecule has 0 fully saturated rings. The van der Waals surface area contributed by atoms with Gasteiger partial charge in [-0.15, -0.1) is 0 Å². The van der Waals surface area contributed by atoms with E-state index < -0.39 is 0 Å². The van der Waals surface area contributed by atoms with Gasteiger partial charge in [0.25, 0.3) is 0 Å². The molecule has 2 heterocycles. The largest absolute Gasteiger partial charge is 0.491 e. The van der Waals surface area contributed by atoms with Crippen molar-refractivity contribution in [3.63, 3.8) is 0 Å². The monoisotopic (exact) mass is 374 g/mol. The molecule has 3 aromatic rings. The number of aryl methyl sites for hydroxylation is 1. The highest BCUT2D eigenvalue weighted by Crippen LogP contribution is 2.33. The number of hydrogen-bond donors (Lipinski definition) is 2. The second-order valence-corrected chi connectivity index (χ2v) is 6.80. The van der Waals surface area contributed by atoms with Crippen LogP contribution in [0.15, 0.2) is 42.6 Å². The highest BCUT2D eigenvalue weighted by atomic mass is 16.5. The number of nitrogens with two attached hydrogens (primary N) is 1. The molecule has 0 unspecified atom stereocenters. The van der Waals surface area contributed by atoms with E-state index in [-0.39, 0.29) is 24.1 Å². The van der Waals surface area contributed by atoms with E-state index in [1.54, 1.807) is 24.4 Å². The van der Waals surface area contributed by atoms with Gasteiger partial charge in [0.2, 0.25) is 0 Å². The van der Waals surface area contributed by atoms with Crippen LogP contribution in [-0.2, 0) is 6.61 Å². The molecule has 0 radical (unpaired) electrons. The van der Waals surface area contributed by atoms with Gasteiger partial charge in [0.05, 0.1) is 24.1 Å². The first kappa shape index (κ1) is 19.3. The van der Waals surface area contributed by atoms with Crippen molar-refractivity contribution in [3.05, 3.63) is 59.3 Å². The Bertz CT molecular complexity index is 1040. The van der Waals surface area contributed by atoms with Gasteiger partial charge in [-0.25, -0.2) is 4.98 Å². The number of rotatable bonds is 5. The lowest BCUT2D eigenvalue weighted by molar-refractivity contribution is 0.225. The zero-order valence-corrected chi connectivity index (χ0v) is 16.1. The van der Waals surface area contributed by atoms with Crippen molar-refractivity contribution in [2.24, 2.45) is 0 Å². The molecule has 0 amide bonds. The van der Waals surface area contributed by atoms with Gasteiger partial charge in [-0.05, 0) is 56.2 Å². The van der Waals surface area contributed by atoms with Crippen LogP contribution < -0.4 is 10.5 Å². The van der Waals surface area contributed by atoms with Crippen LogP contribution in [-0.4, -0.2) is 21.2 Å². The fraction of sp³-hybridized carbons (Fsp3) is 0.227. The molecule has 0 bridgehead atoms. The number of nitrogen functional groups attached to an aromatic ring is 1. The fourth-order valence-electron chi connectivity index (χ4n) is 2.90. The van der Waals surface area contributed by atoms with E-state index in [4.69, 9.17) is 10.5 Å². The molecule has 0 aliphatic rings. The van der Waals surface area contributed by atoms with Gasteiger partial charge in [0.15, 0.2) is 0 Å². The van der Waals surface area contributed by atoms with E-state index in [9.17, 15) is 10.4 Å². The lowest BCUT2D eigenvalue weighted by Crippen LogP contribution is -2.07. The maximum atomic E-state index is 9.75. The summed E-state index contributed by atoms with van der Waals surface area (Å²) in [5.74, 6) is 0.757. The Morgan fingerprint density at radius 2 is 1.96 bits per heavy atom. The molecule has 1 aromatic carbocycles. The number of aromatic nitrogens is 2. The summed E-state index contributed by atoms with van der Waals surface area (Å²) in [4.78, 5) is 8.75. The second kappa shape index (κ2) is 8.07. The van der Waals surface area contributed by atoms with Crippen molar-refractivity contribution in [1.29, 1.82) is 5.26 Å². The molecule has 0 spiro atoms. The molecule has 6 heteroatoms. The van der Waals surface area contributed by atoms with E-state index in [1.807, 2.05) is 39.0 Å². The Morgan fingerprint density at radius 3 is 2.57 bits per heavy atom. The van der Waals surface area contributed by atoms with Crippen LogP contribution in [0.5, 0.6) is 5.75 Å². The average molecular weight is 374 g/mol. The summed E-state index contributed by atoms with van der Waals surface area (Å²) < 4.78 is 5.74. The smallest absolute Gasteiger partial charge is 0.142 e. The van der Waals surface area contributed by atoms with Gasteiger partial charge in [-0.2, -0.15) is 5.26 Å². The number of aliphatic hydroxyl groups is 1. The zero-order chi connectivity index (χ0) is 20.3. The van der Waals surface area contributed by atoms with E-state index in [1.165, 1.54) is 0 Å². The van der Waals surface area contributed by atoms with Crippen LogP contribution in [0.25, 0.3) is 22.5 Å². The summed E-state index contributed by atoms with van der Waals surface area (Å²) in [6, 6.07) is 13.2. The summed E-state index contributed by atoms with van der Waals surface area (Å²) in [5.41, 5.74) is 10.7. The molecule has 3 N–H and O–H groups in total. The molecule has 2 aromatic heterocycles. The predicted octanol–water partition coefficient (Wildman–Crippen LogP) is 3.85. The van der Waals surface area contributed by atoms with Crippen LogP contribution in [0.4, 0.5) is 5.82 Å². The molecule has 0 aliphatic heterocycles. The van der Waals surface area contributed by atoms with Crippen LogP contribution in [0.3, 0.4) is 0 Å². The molecule has 0 atom stereocenters. The fourth-order valence-corrected chi connectivity index (χ4v) is 2.90. The van der Waals surface area contributed by atoms with Crippen LogP contribution in [0.1, 0.15) is 30.5 Å². The Balaban J connectivity index is 2.15. The molecule has 3 rings (SSSR count). The highest BCUT2D eigenvalue weighted by molar-refractivity contribution is 5.80. The zero-order valence-electron chi connectivity index (χ0n) is 16.1.